The van der Waals surface area contributed by atoms with Crippen molar-refractivity contribution in [1.82, 2.24) is 9.80 Å². The molecule has 2 rings (SSSR count). The van der Waals surface area contributed by atoms with E-state index in [1.54, 1.807) is 0 Å². The third-order valence-corrected chi connectivity index (χ3v) is 4.57. The number of rotatable bonds is 7. The van der Waals surface area contributed by atoms with Gasteiger partial charge in [-0.25, -0.2) is 0 Å². The molecular formula is C19H30N2O2. The number of nitrogens with zero attached hydrogens (tertiary/aromatic N) is 2. The van der Waals surface area contributed by atoms with Crippen LogP contribution < -0.4 is 4.74 Å². The molecule has 4 nitrogen and oxygen atoms in total. The molecule has 1 heterocycles. The molecule has 1 fully saturated rings. The van der Waals surface area contributed by atoms with Crippen molar-refractivity contribution in [3.8, 4) is 5.75 Å². The van der Waals surface area contributed by atoms with Crippen molar-refractivity contribution in [2.24, 2.45) is 5.92 Å². The molecule has 1 atom stereocenters. The smallest absolute Gasteiger partial charge is 0.222 e. The Morgan fingerprint density at radius 1 is 1.35 bits per heavy atom. The van der Waals surface area contributed by atoms with Crippen molar-refractivity contribution in [1.29, 1.82) is 0 Å². The van der Waals surface area contributed by atoms with Gasteiger partial charge in [-0.2, -0.15) is 0 Å². The van der Waals surface area contributed by atoms with Gasteiger partial charge < -0.3 is 14.5 Å². The van der Waals surface area contributed by atoms with E-state index < -0.39 is 0 Å². The van der Waals surface area contributed by atoms with Crippen molar-refractivity contribution in [3.63, 3.8) is 0 Å². The lowest BCUT2D eigenvalue weighted by molar-refractivity contribution is -0.133. The molecule has 4 heteroatoms. The highest BCUT2D eigenvalue weighted by molar-refractivity contribution is 5.76. The molecule has 0 bridgehead atoms. The van der Waals surface area contributed by atoms with Crippen LogP contribution in [0, 0.1) is 19.8 Å². The number of benzene rings is 1. The molecule has 23 heavy (non-hydrogen) atoms. The number of amides is 1. The highest BCUT2D eigenvalue weighted by Crippen LogP contribution is 2.19. The first kappa shape index (κ1) is 17.8. The van der Waals surface area contributed by atoms with Gasteiger partial charge in [-0.3, -0.25) is 4.79 Å². The number of hydrogen-bond donors (Lipinski definition) is 0. The third-order valence-electron chi connectivity index (χ3n) is 4.57. The summed E-state index contributed by atoms with van der Waals surface area (Å²) in [6.45, 7) is 7.91. The van der Waals surface area contributed by atoms with E-state index >= 15 is 0 Å². The van der Waals surface area contributed by atoms with Crippen molar-refractivity contribution in [2.75, 3.05) is 40.3 Å². The molecule has 0 aliphatic carbocycles. The normalized spacial score (nSPS) is 18.6. The molecule has 1 unspecified atom stereocenters. The largest absolute Gasteiger partial charge is 0.493 e. The van der Waals surface area contributed by atoms with Gasteiger partial charge in [0.2, 0.25) is 5.91 Å². The lowest BCUT2D eigenvalue weighted by Gasteiger charge is -2.32. The Morgan fingerprint density at radius 2 is 2.13 bits per heavy atom. The van der Waals surface area contributed by atoms with Gasteiger partial charge in [0.1, 0.15) is 5.75 Å². The number of carbonyl (C=O) groups excluding carboxylic acids is 1. The van der Waals surface area contributed by atoms with Crippen LogP contribution >= 0.6 is 0 Å². The standard InChI is InChI=1S/C19H30N2O2/c1-15-6-8-18(16(2)12-15)23-11-5-10-20(3)13-17-7-9-19(22)21(4)14-17/h6,8,12,17H,5,7,9-11,13-14H2,1-4H3. The van der Waals surface area contributed by atoms with Crippen LogP contribution in [-0.2, 0) is 4.79 Å². The summed E-state index contributed by atoms with van der Waals surface area (Å²) in [5.74, 6) is 1.87. The second-order valence-corrected chi connectivity index (χ2v) is 6.91. The number of ether oxygens (including phenoxy) is 1. The second kappa shape index (κ2) is 8.34. The van der Waals surface area contributed by atoms with E-state index in [9.17, 15) is 4.79 Å². The van der Waals surface area contributed by atoms with Crippen LogP contribution in [0.2, 0.25) is 0 Å². The molecule has 1 aliphatic rings. The number of hydrogen-bond acceptors (Lipinski definition) is 3. The maximum atomic E-state index is 11.5. The zero-order chi connectivity index (χ0) is 16.8. The van der Waals surface area contributed by atoms with E-state index in [0.29, 0.717) is 12.3 Å². The predicted molar refractivity (Wildman–Crippen MR) is 93.9 cm³/mol. The molecule has 0 saturated carbocycles. The van der Waals surface area contributed by atoms with Crippen molar-refractivity contribution in [3.05, 3.63) is 29.3 Å². The van der Waals surface area contributed by atoms with E-state index in [4.69, 9.17) is 4.74 Å². The molecule has 128 valence electrons. The van der Waals surface area contributed by atoms with Crippen molar-refractivity contribution < 1.29 is 9.53 Å². The van der Waals surface area contributed by atoms with E-state index in [0.717, 1.165) is 44.8 Å². The van der Waals surface area contributed by atoms with E-state index in [1.807, 2.05) is 11.9 Å². The first-order valence-electron chi connectivity index (χ1n) is 8.58. The van der Waals surface area contributed by atoms with E-state index in [-0.39, 0.29) is 5.91 Å². The van der Waals surface area contributed by atoms with E-state index in [1.165, 1.54) is 11.1 Å². The van der Waals surface area contributed by atoms with Crippen LogP contribution in [0.4, 0.5) is 0 Å². The number of aryl methyl sites for hydroxylation is 2. The molecule has 0 spiro atoms. The van der Waals surface area contributed by atoms with Gasteiger partial charge in [-0.05, 0) is 51.3 Å². The topological polar surface area (TPSA) is 32.8 Å². The van der Waals surface area contributed by atoms with E-state index in [2.05, 4.69) is 44.0 Å². The predicted octanol–water partition coefficient (Wildman–Crippen LogP) is 2.87. The number of piperidine rings is 1. The van der Waals surface area contributed by atoms with Gasteiger partial charge in [0.25, 0.3) is 0 Å². The molecule has 0 N–H and O–H groups in total. The van der Waals surface area contributed by atoms with Crippen molar-refractivity contribution >= 4 is 5.91 Å². The SMILES string of the molecule is Cc1ccc(OCCCN(C)CC2CCC(=O)N(C)C2)c(C)c1. The molecule has 1 aromatic carbocycles. The first-order chi connectivity index (χ1) is 11.0. The quantitative estimate of drug-likeness (QED) is 0.725. The Morgan fingerprint density at radius 3 is 2.83 bits per heavy atom. The summed E-state index contributed by atoms with van der Waals surface area (Å²) in [7, 11) is 4.07. The molecule has 1 amide bonds. The third kappa shape index (κ3) is 5.54. The highest BCUT2D eigenvalue weighted by atomic mass is 16.5. The summed E-state index contributed by atoms with van der Waals surface area (Å²) < 4.78 is 5.88. The van der Waals surface area contributed by atoms with Gasteiger partial charge >= 0.3 is 0 Å². The van der Waals surface area contributed by atoms with Gasteiger partial charge in [0.15, 0.2) is 0 Å². The summed E-state index contributed by atoms with van der Waals surface area (Å²) >= 11 is 0. The summed E-state index contributed by atoms with van der Waals surface area (Å²) in [5.41, 5.74) is 2.47. The number of likely N-dealkylation sites (tertiary alicyclic amines) is 1. The Kier molecular flexibility index (Phi) is 6.46. The summed E-state index contributed by atoms with van der Waals surface area (Å²) in [6.07, 6.45) is 2.74. The zero-order valence-electron chi connectivity index (χ0n) is 15.0. The van der Waals surface area contributed by atoms with Gasteiger partial charge in [0, 0.05) is 33.1 Å². The number of carbonyl (C=O) groups is 1. The molecule has 1 aromatic rings. The van der Waals surface area contributed by atoms with Gasteiger partial charge in [-0.15, -0.1) is 0 Å². The average Bonchev–Trinajstić information content (AvgIpc) is 2.49. The minimum atomic E-state index is 0.283. The second-order valence-electron chi connectivity index (χ2n) is 6.91. The summed E-state index contributed by atoms with van der Waals surface area (Å²) in [4.78, 5) is 15.7. The summed E-state index contributed by atoms with van der Waals surface area (Å²) in [6, 6.07) is 6.31. The lowest BCUT2D eigenvalue weighted by Crippen LogP contribution is -2.41. The average molecular weight is 318 g/mol. The minimum Gasteiger partial charge on any atom is -0.493 e. The zero-order valence-corrected chi connectivity index (χ0v) is 15.0. The van der Waals surface area contributed by atoms with Crippen LogP contribution in [-0.4, -0.2) is 56.0 Å². The van der Waals surface area contributed by atoms with Crippen LogP contribution in [0.3, 0.4) is 0 Å². The maximum Gasteiger partial charge on any atom is 0.222 e. The molecule has 1 aliphatic heterocycles. The molecular weight excluding hydrogens is 288 g/mol. The molecule has 1 saturated heterocycles. The molecule has 0 radical (unpaired) electrons. The minimum absolute atomic E-state index is 0.283. The monoisotopic (exact) mass is 318 g/mol. The Bertz CT molecular complexity index is 530. The molecule has 0 aromatic heterocycles. The Hall–Kier alpha value is -1.55. The van der Waals surface area contributed by atoms with Crippen LogP contribution in [0.25, 0.3) is 0 Å². The van der Waals surface area contributed by atoms with Crippen LogP contribution in [0.15, 0.2) is 18.2 Å². The lowest BCUT2D eigenvalue weighted by atomic mass is 9.97. The fourth-order valence-electron chi connectivity index (χ4n) is 3.26. The summed E-state index contributed by atoms with van der Waals surface area (Å²) in [5, 5.41) is 0. The fourth-order valence-corrected chi connectivity index (χ4v) is 3.26. The Balaban J connectivity index is 1.65. The van der Waals surface area contributed by atoms with Gasteiger partial charge in [0.05, 0.1) is 6.61 Å². The highest BCUT2D eigenvalue weighted by Gasteiger charge is 2.23. The van der Waals surface area contributed by atoms with Crippen LogP contribution in [0.1, 0.15) is 30.4 Å². The van der Waals surface area contributed by atoms with Crippen molar-refractivity contribution in [2.45, 2.75) is 33.1 Å². The first-order valence-corrected chi connectivity index (χ1v) is 8.58. The maximum absolute atomic E-state index is 11.5. The Labute approximate surface area is 140 Å². The van der Waals surface area contributed by atoms with Crippen LogP contribution in [0.5, 0.6) is 5.75 Å². The van der Waals surface area contributed by atoms with Gasteiger partial charge in [-0.1, -0.05) is 17.7 Å². The fraction of sp³-hybridized carbons (Fsp3) is 0.632.